The van der Waals surface area contributed by atoms with Crippen molar-refractivity contribution in [3.63, 3.8) is 0 Å². The second kappa shape index (κ2) is 11.8. The summed E-state index contributed by atoms with van der Waals surface area (Å²) in [5.74, 6) is 0.239. The van der Waals surface area contributed by atoms with E-state index in [1.807, 2.05) is 6.92 Å². The maximum absolute atomic E-state index is 12.4. The van der Waals surface area contributed by atoms with Gasteiger partial charge in [0.05, 0.1) is 38.8 Å². The van der Waals surface area contributed by atoms with Gasteiger partial charge in [-0.25, -0.2) is 0 Å². The fourth-order valence-electron chi connectivity index (χ4n) is 2.02. The lowest BCUT2D eigenvalue weighted by molar-refractivity contribution is 0.216. The fourth-order valence-corrected chi connectivity index (χ4v) is 5.77. The standard InChI is InChI=1S/C14H32O6P2/c1-6-17-21(15,18-7-2)12-10-14(5)11-13-22(16,19-8-3)20-9-4/h14H,6-13H2,1-5H3. The Morgan fingerprint density at radius 3 is 1.18 bits per heavy atom. The summed E-state index contributed by atoms with van der Waals surface area (Å²) in [5, 5.41) is 0. The Hall–Kier alpha value is 0.300. The van der Waals surface area contributed by atoms with E-state index < -0.39 is 15.2 Å². The summed E-state index contributed by atoms with van der Waals surface area (Å²) < 4.78 is 45.8. The number of hydrogen-bond acceptors (Lipinski definition) is 6. The molecule has 0 radical (unpaired) electrons. The SMILES string of the molecule is CCOP(=O)(CCC(C)CCP(=O)(OCC)OCC)OCC. The van der Waals surface area contributed by atoms with Gasteiger partial charge >= 0.3 is 15.2 Å². The van der Waals surface area contributed by atoms with Crippen molar-refractivity contribution in [2.45, 2.75) is 47.5 Å². The van der Waals surface area contributed by atoms with E-state index in [4.69, 9.17) is 18.1 Å². The molecule has 0 aliphatic rings. The molecule has 0 saturated heterocycles. The molecular formula is C14H32O6P2. The Morgan fingerprint density at radius 2 is 0.955 bits per heavy atom. The van der Waals surface area contributed by atoms with Gasteiger partial charge in [-0.05, 0) is 46.5 Å². The number of rotatable bonds is 14. The van der Waals surface area contributed by atoms with Gasteiger partial charge in [-0.2, -0.15) is 0 Å². The molecule has 0 heterocycles. The fraction of sp³-hybridized carbons (Fsp3) is 1.00. The van der Waals surface area contributed by atoms with Gasteiger partial charge in [-0.1, -0.05) is 6.92 Å². The predicted molar refractivity (Wildman–Crippen MR) is 89.8 cm³/mol. The maximum atomic E-state index is 12.4. The molecule has 0 aromatic rings. The lowest BCUT2D eigenvalue weighted by Gasteiger charge is -2.21. The second-order valence-corrected chi connectivity index (χ2v) is 9.39. The van der Waals surface area contributed by atoms with Crippen LogP contribution in [0.5, 0.6) is 0 Å². The van der Waals surface area contributed by atoms with Crippen LogP contribution in [0.25, 0.3) is 0 Å². The molecule has 0 spiro atoms. The summed E-state index contributed by atoms with van der Waals surface area (Å²) in [7, 11) is -5.99. The second-order valence-electron chi connectivity index (χ2n) is 5.02. The van der Waals surface area contributed by atoms with E-state index in [2.05, 4.69) is 0 Å². The molecule has 0 bridgehead atoms. The third-order valence-electron chi connectivity index (χ3n) is 3.09. The number of hydrogen-bond donors (Lipinski definition) is 0. The molecule has 0 aliphatic carbocycles. The normalized spacial score (nSPS) is 13.0. The van der Waals surface area contributed by atoms with Crippen molar-refractivity contribution in [3.05, 3.63) is 0 Å². The molecule has 0 aliphatic heterocycles. The minimum absolute atomic E-state index is 0.239. The van der Waals surface area contributed by atoms with Gasteiger partial charge in [0.15, 0.2) is 0 Å². The summed E-state index contributed by atoms with van der Waals surface area (Å²) >= 11 is 0. The van der Waals surface area contributed by atoms with E-state index in [0.29, 0.717) is 51.6 Å². The summed E-state index contributed by atoms with van der Waals surface area (Å²) in [6.45, 7) is 10.7. The minimum Gasteiger partial charge on any atom is -0.309 e. The Labute approximate surface area is 135 Å². The molecule has 0 unspecified atom stereocenters. The van der Waals surface area contributed by atoms with Gasteiger partial charge in [0, 0.05) is 0 Å². The van der Waals surface area contributed by atoms with Gasteiger partial charge in [-0.3, -0.25) is 9.13 Å². The highest BCUT2D eigenvalue weighted by Gasteiger charge is 2.27. The van der Waals surface area contributed by atoms with E-state index in [1.54, 1.807) is 27.7 Å². The molecule has 0 amide bonds. The maximum Gasteiger partial charge on any atom is 0.330 e. The van der Waals surface area contributed by atoms with Gasteiger partial charge in [-0.15, -0.1) is 0 Å². The summed E-state index contributed by atoms with van der Waals surface area (Å²) in [6, 6.07) is 0. The van der Waals surface area contributed by atoms with Crippen LogP contribution < -0.4 is 0 Å². The van der Waals surface area contributed by atoms with E-state index >= 15 is 0 Å². The zero-order chi connectivity index (χ0) is 17.1. The van der Waals surface area contributed by atoms with Crippen molar-refractivity contribution in [1.82, 2.24) is 0 Å². The molecule has 6 nitrogen and oxygen atoms in total. The Bertz CT molecular complexity index is 320. The highest BCUT2D eigenvalue weighted by Crippen LogP contribution is 2.51. The highest BCUT2D eigenvalue weighted by atomic mass is 31.2. The molecular weight excluding hydrogens is 326 g/mol. The van der Waals surface area contributed by atoms with E-state index in [0.717, 1.165) is 0 Å². The zero-order valence-electron chi connectivity index (χ0n) is 14.6. The summed E-state index contributed by atoms with van der Waals surface area (Å²) in [4.78, 5) is 0. The van der Waals surface area contributed by atoms with Crippen LogP contribution >= 0.6 is 15.2 Å². The first kappa shape index (κ1) is 22.3. The molecule has 22 heavy (non-hydrogen) atoms. The van der Waals surface area contributed by atoms with Crippen molar-refractivity contribution in [1.29, 1.82) is 0 Å². The smallest absolute Gasteiger partial charge is 0.309 e. The first-order valence-electron chi connectivity index (χ1n) is 8.10. The van der Waals surface area contributed by atoms with Crippen molar-refractivity contribution < 1.29 is 27.2 Å². The Balaban J connectivity index is 4.34. The van der Waals surface area contributed by atoms with Crippen LogP contribution in [0.2, 0.25) is 0 Å². The van der Waals surface area contributed by atoms with Crippen molar-refractivity contribution in [2.75, 3.05) is 38.8 Å². The van der Waals surface area contributed by atoms with Crippen LogP contribution in [0, 0.1) is 5.92 Å². The van der Waals surface area contributed by atoms with Gasteiger partial charge in [0.2, 0.25) is 0 Å². The van der Waals surface area contributed by atoms with Crippen LogP contribution in [0.15, 0.2) is 0 Å². The first-order valence-corrected chi connectivity index (χ1v) is 11.6. The molecule has 0 aromatic heterocycles. The average Bonchev–Trinajstić information content (AvgIpc) is 2.44. The molecule has 0 rings (SSSR count). The molecule has 0 atom stereocenters. The topological polar surface area (TPSA) is 71.1 Å². The molecule has 0 saturated carbocycles. The highest BCUT2D eigenvalue weighted by molar-refractivity contribution is 7.54. The van der Waals surface area contributed by atoms with Crippen molar-refractivity contribution in [2.24, 2.45) is 5.92 Å². The largest absolute Gasteiger partial charge is 0.330 e. The molecule has 0 N–H and O–H groups in total. The van der Waals surface area contributed by atoms with Crippen LogP contribution in [0.1, 0.15) is 47.5 Å². The molecule has 134 valence electrons. The minimum atomic E-state index is -2.99. The summed E-state index contributed by atoms with van der Waals surface area (Å²) in [6.07, 6.45) is 2.14. The summed E-state index contributed by atoms with van der Waals surface area (Å²) in [5.41, 5.74) is 0. The van der Waals surface area contributed by atoms with Gasteiger partial charge in [0.25, 0.3) is 0 Å². The third-order valence-corrected chi connectivity index (χ3v) is 7.31. The third kappa shape index (κ3) is 9.44. The monoisotopic (exact) mass is 358 g/mol. The van der Waals surface area contributed by atoms with Crippen LogP contribution in [0.3, 0.4) is 0 Å². The molecule has 0 fully saturated rings. The lowest BCUT2D eigenvalue weighted by Crippen LogP contribution is -2.08. The zero-order valence-corrected chi connectivity index (χ0v) is 16.4. The van der Waals surface area contributed by atoms with E-state index in [-0.39, 0.29) is 5.92 Å². The van der Waals surface area contributed by atoms with Crippen molar-refractivity contribution >= 4 is 15.2 Å². The predicted octanol–water partition coefficient (Wildman–Crippen LogP) is 4.93. The Kier molecular flexibility index (Phi) is 11.9. The van der Waals surface area contributed by atoms with Gasteiger partial charge < -0.3 is 18.1 Å². The van der Waals surface area contributed by atoms with Crippen LogP contribution in [-0.2, 0) is 27.2 Å². The van der Waals surface area contributed by atoms with E-state index in [9.17, 15) is 9.13 Å². The van der Waals surface area contributed by atoms with Gasteiger partial charge in [0.1, 0.15) is 0 Å². The van der Waals surface area contributed by atoms with Crippen LogP contribution in [-0.4, -0.2) is 38.8 Å². The average molecular weight is 358 g/mol. The first-order chi connectivity index (χ1) is 10.3. The molecule has 8 heteroatoms. The van der Waals surface area contributed by atoms with Crippen molar-refractivity contribution in [3.8, 4) is 0 Å². The quantitative estimate of drug-likeness (QED) is 0.410. The van der Waals surface area contributed by atoms with Crippen LogP contribution in [0.4, 0.5) is 0 Å². The Morgan fingerprint density at radius 1 is 0.682 bits per heavy atom. The lowest BCUT2D eigenvalue weighted by atomic mass is 10.1. The molecule has 0 aromatic carbocycles. The van der Waals surface area contributed by atoms with E-state index in [1.165, 1.54) is 0 Å².